The molecule has 4 aromatic rings. The maximum Gasteiger partial charge on any atom is 0.232 e. The number of fused-ring (bicyclic) bond motifs is 1. The highest BCUT2D eigenvalue weighted by molar-refractivity contribution is 6.31. The minimum atomic E-state index is -0.213. The van der Waals surface area contributed by atoms with Crippen LogP contribution in [0.2, 0.25) is 5.02 Å². The van der Waals surface area contributed by atoms with Gasteiger partial charge in [-0.25, -0.2) is 4.68 Å². The van der Waals surface area contributed by atoms with Crippen LogP contribution in [0, 0.1) is 0 Å². The van der Waals surface area contributed by atoms with Crippen molar-refractivity contribution in [2.45, 2.75) is 0 Å². The first kappa shape index (κ1) is 16.6. The van der Waals surface area contributed by atoms with Crippen molar-refractivity contribution in [2.75, 3.05) is 0 Å². The summed E-state index contributed by atoms with van der Waals surface area (Å²) >= 11 is 6.01. The van der Waals surface area contributed by atoms with E-state index in [1.54, 1.807) is 41.3 Å². The van der Waals surface area contributed by atoms with Crippen LogP contribution in [0.25, 0.3) is 23.2 Å². The summed E-state index contributed by atoms with van der Waals surface area (Å²) in [6.45, 7) is 0. The molecule has 0 radical (unpaired) electrons. The Hall–Kier alpha value is -3.57. The summed E-state index contributed by atoms with van der Waals surface area (Å²) in [5.74, 6) is 1.11. The molecule has 0 unspecified atom stereocenters. The first-order chi connectivity index (χ1) is 13.7. The number of ether oxygens (including phenoxy) is 1. The quantitative estimate of drug-likeness (QED) is 0.441. The van der Waals surface area contributed by atoms with E-state index >= 15 is 0 Å². The van der Waals surface area contributed by atoms with E-state index in [1.807, 2.05) is 42.6 Å². The molecular weight excluding hydrogens is 376 g/mol. The van der Waals surface area contributed by atoms with Crippen molar-refractivity contribution < 1.29 is 13.9 Å². The number of rotatable bonds is 3. The van der Waals surface area contributed by atoms with E-state index in [4.69, 9.17) is 20.8 Å². The highest BCUT2D eigenvalue weighted by atomic mass is 35.5. The van der Waals surface area contributed by atoms with Crippen LogP contribution in [0.15, 0.2) is 83.3 Å². The zero-order valence-electron chi connectivity index (χ0n) is 14.5. The Morgan fingerprint density at radius 3 is 2.68 bits per heavy atom. The largest absolute Gasteiger partial charge is 0.463 e. The average molecular weight is 389 g/mol. The fourth-order valence-electron chi connectivity index (χ4n) is 3.11. The van der Waals surface area contributed by atoms with Crippen molar-refractivity contribution in [1.82, 2.24) is 9.78 Å². The van der Waals surface area contributed by atoms with Crippen LogP contribution in [0.4, 0.5) is 0 Å². The molecule has 0 spiro atoms. The molecule has 0 amide bonds. The molecule has 0 bridgehead atoms. The fourth-order valence-corrected chi connectivity index (χ4v) is 3.29. The summed E-state index contributed by atoms with van der Waals surface area (Å²) < 4.78 is 13.0. The second kappa shape index (κ2) is 6.55. The summed E-state index contributed by atoms with van der Waals surface area (Å²) in [4.78, 5) is 12.7. The highest BCUT2D eigenvalue weighted by Crippen LogP contribution is 2.35. The van der Waals surface area contributed by atoms with Crippen LogP contribution in [0.1, 0.15) is 15.9 Å². The number of allylic oxidation sites excluding steroid dienone is 1. The molecule has 0 aliphatic carbocycles. The molecule has 5 nitrogen and oxygen atoms in total. The molecule has 0 saturated carbocycles. The molecule has 0 fully saturated rings. The van der Waals surface area contributed by atoms with Gasteiger partial charge in [0.05, 0.1) is 17.5 Å². The first-order valence-corrected chi connectivity index (χ1v) is 8.99. The number of hydrogen-bond donors (Lipinski definition) is 0. The molecule has 0 atom stereocenters. The Morgan fingerprint density at radius 1 is 1.04 bits per heavy atom. The molecule has 2 aromatic heterocycles. The van der Waals surface area contributed by atoms with Gasteiger partial charge >= 0.3 is 0 Å². The van der Waals surface area contributed by atoms with E-state index in [2.05, 4.69) is 5.10 Å². The number of carbonyl (C=O) groups excluding carboxylic acids is 1. The smallest absolute Gasteiger partial charge is 0.232 e. The molecule has 0 saturated heterocycles. The third-order valence-electron chi connectivity index (χ3n) is 4.43. The van der Waals surface area contributed by atoms with E-state index in [0.29, 0.717) is 33.4 Å². The Kier molecular flexibility index (Phi) is 3.88. The van der Waals surface area contributed by atoms with Crippen molar-refractivity contribution in [2.24, 2.45) is 0 Å². The van der Waals surface area contributed by atoms with E-state index in [9.17, 15) is 4.79 Å². The number of Topliss-reactive ketones (excluding diaryl/α,β-unsaturated/α-hetero) is 1. The molecular formula is C22H13ClN2O3. The lowest BCUT2D eigenvalue weighted by molar-refractivity contribution is 0.101. The minimum Gasteiger partial charge on any atom is -0.463 e. The molecule has 0 N–H and O–H groups in total. The SMILES string of the molecule is O=C1/C(=C/c2cn(-c3ccccc3)nc2-c2ccco2)Oc2ccc(Cl)cc21. The maximum absolute atomic E-state index is 12.7. The van der Waals surface area contributed by atoms with Gasteiger partial charge in [-0.2, -0.15) is 5.10 Å². The highest BCUT2D eigenvalue weighted by Gasteiger charge is 2.28. The van der Waals surface area contributed by atoms with Crippen LogP contribution in [0.5, 0.6) is 5.75 Å². The number of nitrogens with zero attached hydrogens (tertiary/aromatic N) is 2. The zero-order valence-corrected chi connectivity index (χ0v) is 15.3. The lowest BCUT2D eigenvalue weighted by atomic mass is 10.1. The molecule has 136 valence electrons. The Bertz CT molecular complexity index is 1210. The second-order valence-corrected chi connectivity index (χ2v) is 6.71. The summed E-state index contributed by atoms with van der Waals surface area (Å²) in [5.41, 5.74) is 2.68. The van der Waals surface area contributed by atoms with Crippen LogP contribution < -0.4 is 4.74 Å². The maximum atomic E-state index is 12.7. The molecule has 3 heterocycles. The lowest BCUT2D eigenvalue weighted by Crippen LogP contribution is -1.98. The van der Waals surface area contributed by atoms with Gasteiger partial charge in [0.15, 0.2) is 11.5 Å². The van der Waals surface area contributed by atoms with Gasteiger partial charge < -0.3 is 9.15 Å². The van der Waals surface area contributed by atoms with Gasteiger partial charge in [0.25, 0.3) is 0 Å². The van der Waals surface area contributed by atoms with Gasteiger partial charge in [0.2, 0.25) is 5.78 Å². The number of para-hydroxylation sites is 1. The number of carbonyl (C=O) groups is 1. The van der Waals surface area contributed by atoms with Gasteiger partial charge in [-0.1, -0.05) is 29.8 Å². The van der Waals surface area contributed by atoms with Gasteiger partial charge in [-0.15, -0.1) is 0 Å². The third-order valence-corrected chi connectivity index (χ3v) is 4.67. The van der Waals surface area contributed by atoms with Crippen LogP contribution in [-0.2, 0) is 0 Å². The fraction of sp³-hybridized carbons (Fsp3) is 0. The molecule has 2 aromatic carbocycles. The number of furan rings is 1. The number of ketones is 1. The van der Waals surface area contributed by atoms with Crippen molar-refractivity contribution in [3.05, 3.63) is 95.0 Å². The second-order valence-electron chi connectivity index (χ2n) is 6.27. The first-order valence-electron chi connectivity index (χ1n) is 8.62. The van der Waals surface area contributed by atoms with Crippen LogP contribution in [-0.4, -0.2) is 15.6 Å². The predicted octanol–water partition coefficient (Wildman–Crippen LogP) is 5.40. The van der Waals surface area contributed by atoms with Crippen molar-refractivity contribution in [3.63, 3.8) is 0 Å². The van der Waals surface area contributed by atoms with Gasteiger partial charge in [0, 0.05) is 16.8 Å². The third kappa shape index (κ3) is 2.82. The van der Waals surface area contributed by atoms with Crippen LogP contribution in [0.3, 0.4) is 0 Å². The van der Waals surface area contributed by atoms with Crippen LogP contribution >= 0.6 is 11.6 Å². The average Bonchev–Trinajstić information content (AvgIpc) is 3.44. The summed E-state index contributed by atoms with van der Waals surface area (Å²) in [7, 11) is 0. The minimum absolute atomic E-state index is 0.213. The lowest BCUT2D eigenvalue weighted by Gasteiger charge is -1.98. The van der Waals surface area contributed by atoms with Gasteiger partial charge in [-0.05, 0) is 48.5 Å². The van der Waals surface area contributed by atoms with Gasteiger partial charge in [0.1, 0.15) is 11.4 Å². The Labute approximate surface area is 165 Å². The van der Waals surface area contributed by atoms with Crippen molar-refractivity contribution >= 4 is 23.5 Å². The van der Waals surface area contributed by atoms with Crippen molar-refractivity contribution in [1.29, 1.82) is 0 Å². The van der Waals surface area contributed by atoms with E-state index in [-0.39, 0.29) is 11.5 Å². The monoisotopic (exact) mass is 388 g/mol. The number of halogens is 1. The summed E-state index contributed by atoms with van der Waals surface area (Å²) in [5, 5.41) is 5.13. The van der Waals surface area contributed by atoms with Crippen molar-refractivity contribution in [3.8, 4) is 22.9 Å². The number of hydrogen-bond acceptors (Lipinski definition) is 4. The topological polar surface area (TPSA) is 57.3 Å². The predicted molar refractivity (Wildman–Crippen MR) is 106 cm³/mol. The molecule has 1 aliphatic rings. The van der Waals surface area contributed by atoms with E-state index in [0.717, 1.165) is 5.69 Å². The Balaban J connectivity index is 1.61. The van der Waals surface area contributed by atoms with E-state index in [1.165, 1.54) is 0 Å². The van der Waals surface area contributed by atoms with Gasteiger partial charge in [-0.3, -0.25) is 4.79 Å². The molecule has 5 rings (SSSR count). The zero-order chi connectivity index (χ0) is 19.1. The number of aromatic nitrogens is 2. The summed E-state index contributed by atoms with van der Waals surface area (Å²) in [6.07, 6.45) is 5.11. The normalized spacial score (nSPS) is 14.3. The van der Waals surface area contributed by atoms with E-state index < -0.39 is 0 Å². The standard InChI is InChI=1S/C22H13ClN2O3/c23-15-8-9-18-17(12-15)22(26)20(28-18)11-14-13-25(16-5-2-1-3-6-16)24-21(14)19-7-4-10-27-19/h1-13H/b20-11-. The number of benzene rings is 2. The summed E-state index contributed by atoms with van der Waals surface area (Å²) in [6, 6.07) is 18.3. The molecule has 1 aliphatic heterocycles. The Morgan fingerprint density at radius 2 is 1.89 bits per heavy atom. The molecule has 6 heteroatoms. The molecule has 28 heavy (non-hydrogen) atoms.